The minimum Gasteiger partial charge on any atom is -0.486 e. The molecule has 3 heterocycles. The van der Waals surface area contributed by atoms with Gasteiger partial charge in [0.1, 0.15) is 13.2 Å². The summed E-state index contributed by atoms with van der Waals surface area (Å²) >= 11 is 0. The third kappa shape index (κ3) is 2.96. The standard InChI is InChI=1S/C20H18N2O6/c23-19-8-13(21-20(24)12-1-3-16-17(7-12)28-11-27-16)10-22(19)14-2-4-15-18(9-14)26-6-5-25-15/h1-4,7,9,13H,5-6,8,10-11H2,(H,21,24)/t13-/m0/s1. The molecule has 0 bridgehead atoms. The van der Waals surface area contributed by atoms with Crippen molar-refractivity contribution in [1.29, 1.82) is 0 Å². The predicted octanol–water partition coefficient (Wildman–Crippen LogP) is 1.72. The maximum Gasteiger partial charge on any atom is 0.251 e. The quantitative estimate of drug-likeness (QED) is 0.870. The average Bonchev–Trinajstić information content (AvgIpc) is 3.33. The molecular formula is C20H18N2O6. The summed E-state index contributed by atoms with van der Waals surface area (Å²) in [6.45, 7) is 1.55. The Labute approximate surface area is 160 Å². The van der Waals surface area contributed by atoms with E-state index >= 15 is 0 Å². The van der Waals surface area contributed by atoms with Crippen LogP contribution >= 0.6 is 0 Å². The predicted molar refractivity (Wildman–Crippen MR) is 98.2 cm³/mol. The molecular weight excluding hydrogens is 364 g/mol. The Kier molecular flexibility index (Phi) is 3.96. The fraction of sp³-hybridized carbons (Fsp3) is 0.300. The van der Waals surface area contributed by atoms with Gasteiger partial charge in [0.05, 0.1) is 6.04 Å². The molecule has 2 amide bonds. The first-order valence-corrected chi connectivity index (χ1v) is 9.08. The van der Waals surface area contributed by atoms with Crippen molar-refractivity contribution in [3.8, 4) is 23.0 Å². The van der Waals surface area contributed by atoms with Crippen LogP contribution in [-0.2, 0) is 4.79 Å². The van der Waals surface area contributed by atoms with Crippen molar-refractivity contribution in [2.75, 3.05) is 31.5 Å². The number of hydrogen-bond acceptors (Lipinski definition) is 6. The summed E-state index contributed by atoms with van der Waals surface area (Å²) in [6.07, 6.45) is 0.241. The van der Waals surface area contributed by atoms with Gasteiger partial charge in [-0.1, -0.05) is 0 Å². The number of hydrogen-bond donors (Lipinski definition) is 1. The molecule has 2 aromatic carbocycles. The maximum absolute atomic E-state index is 12.6. The smallest absolute Gasteiger partial charge is 0.251 e. The van der Waals surface area contributed by atoms with Crippen LogP contribution in [0.25, 0.3) is 0 Å². The highest BCUT2D eigenvalue weighted by Crippen LogP contribution is 2.35. The number of rotatable bonds is 3. The second kappa shape index (κ2) is 6.63. The highest BCUT2D eigenvalue weighted by atomic mass is 16.7. The van der Waals surface area contributed by atoms with Crippen molar-refractivity contribution in [2.24, 2.45) is 0 Å². The first-order chi connectivity index (χ1) is 13.7. The van der Waals surface area contributed by atoms with Gasteiger partial charge in [-0.2, -0.15) is 0 Å². The number of anilines is 1. The van der Waals surface area contributed by atoms with Crippen molar-refractivity contribution >= 4 is 17.5 Å². The Balaban J connectivity index is 1.28. The minimum atomic E-state index is -0.279. The van der Waals surface area contributed by atoms with E-state index in [1.54, 1.807) is 35.2 Å². The molecule has 0 radical (unpaired) electrons. The van der Waals surface area contributed by atoms with Crippen molar-refractivity contribution in [2.45, 2.75) is 12.5 Å². The van der Waals surface area contributed by atoms with Crippen molar-refractivity contribution in [3.05, 3.63) is 42.0 Å². The van der Waals surface area contributed by atoms with Gasteiger partial charge < -0.3 is 29.2 Å². The maximum atomic E-state index is 12.6. The van der Waals surface area contributed by atoms with Gasteiger partial charge in [0, 0.05) is 30.3 Å². The number of amides is 2. The third-order valence-electron chi connectivity index (χ3n) is 4.93. The number of nitrogens with one attached hydrogen (secondary N) is 1. The first kappa shape index (κ1) is 16.7. The molecule has 144 valence electrons. The summed E-state index contributed by atoms with van der Waals surface area (Å²) < 4.78 is 21.7. The second-order valence-corrected chi connectivity index (χ2v) is 6.77. The molecule has 3 aliphatic rings. The van der Waals surface area contributed by atoms with E-state index in [-0.39, 0.29) is 31.1 Å². The molecule has 1 saturated heterocycles. The molecule has 3 aliphatic heterocycles. The number of benzene rings is 2. The first-order valence-electron chi connectivity index (χ1n) is 9.08. The van der Waals surface area contributed by atoms with Crippen LogP contribution in [-0.4, -0.2) is 44.4 Å². The number of carbonyl (C=O) groups is 2. The molecule has 8 heteroatoms. The lowest BCUT2D eigenvalue weighted by Crippen LogP contribution is -2.37. The highest BCUT2D eigenvalue weighted by molar-refractivity contribution is 5.99. The Bertz CT molecular complexity index is 960. The molecule has 1 atom stereocenters. The summed E-state index contributed by atoms with van der Waals surface area (Å²) in [5.74, 6) is 2.18. The molecule has 0 aliphatic carbocycles. The summed E-state index contributed by atoms with van der Waals surface area (Å²) in [4.78, 5) is 26.7. The van der Waals surface area contributed by atoms with E-state index in [4.69, 9.17) is 18.9 Å². The fourth-order valence-corrected chi connectivity index (χ4v) is 3.56. The molecule has 5 rings (SSSR count). The Morgan fingerprint density at radius 3 is 2.54 bits per heavy atom. The van der Waals surface area contributed by atoms with Gasteiger partial charge in [0.15, 0.2) is 23.0 Å². The van der Waals surface area contributed by atoms with Gasteiger partial charge in [-0.25, -0.2) is 0 Å². The number of carbonyl (C=O) groups excluding carboxylic acids is 2. The summed E-state index contributed by atoms with van der Waals surface area (Å²) in [5, 5.41) is 2.93. The topological polar surface area (TPSA) is 86.3 Å². The van der Waals surface area contributed by atoms with Crippen LogP contribution in [0.5, 0.6) is 23.0 Å². The van der Waals surface area contributed by atoms with E-state index in [2.05, 4.69) is 5.32 Å². The summed E-state index contributed by atoms with van der Waals surface area (Å²) in [5.41, 5.74) is 1.20. The van der Waals surface area contributed by atoms with Crippen LogP contribution in [0, 0.1) is 0 Å². The van der Waals surface area contributed by atoms with E-state index < -0.39 is 0 Å². The Hall–Kier alpha value is -3.42. The summed E-state index contributed by atoms with van der Waals surface area (Å²) in [6, 6.07) is 10.2. The lowest BCUT2D eigenvalue weighted by molar-refractivity contribution is -0.117. The normalized spacial score (nSPS) is 19.6. The zero-order valence-electron chi connectivity index (χ0n) is 15.0. The fourth-order valence-electron chi connectivity index (χ4n) is 3.56. The van der Waals surface area contributed by atoms with Gasteiger partial charge in [0.25, 0.3) is 5.91 Å². The van der Waals surface area contributed by atoms with Gasteiger partial charge >= 0.3 is 0 Å². The number of nitrogens with zero attached hydrogens (tertiary/aromatic N) is 1. The molecule has 1 N–H and O–H groups in total. The van der Waals surface area contributed by atoms with E-state index in [1.807, 2.05) is 6.07 Å². The van der Waals surface area contributed by atoms with Crippen LogP contribution in [0.4, 0.5) is 5.69 Å². The number of ether oxygens (including phenoxy) is 4. The van der Waals surface area contributed by atoms with Gasteiger partial charge in [0.2, 0.25) is 12.7 Å². The van der Waals surface area contributed by atoms with Gasteiger partial charge in [-0.3, -0.25) is 9.59 Å². The monoisotopic (exact) mass is 382 g/mol. The second-order valence-electron chi connectivity index (χ2n) is 6.77. The molecule has 0 spiro atoms. The lowest BCUT2D eigenvalue weighted by Gasteiger charge is -2.22. The van der Waals surface area contributed by atoms with Crippen LogP contribution < -0.4 is 29.2 Å². The van der Waals surface area contributed by atoms with Crippen molar-refractivity contribution < 1.29 is 28.5 Å². The lowest BCUT2D eigenvalue weighted by atomic mass is 10.1. The zero-order chi connectivity index (χ0) is 19.1. The van der Waals surface area contributed by atoms with Gasteiger partial charge in [-0.15, -0.1) is 0 Å². The Morgan fingerprint density at radius 1 is 0.929 bits per heavy atom. The largest absolute Gasteiger partial charge is 0.486 e. The van der Waals surface area contributed by atoms with Crippen LogP contribution in [0.2, 0.25) is 0 Å². The molecule has 28 heavy (non-hydrogen) atoms. The van der Waals surface area contributed by atoms with Crippen molar-refractivity contribution in [1.82, 2.24) is 5.32 Å². The molecule has 0 unspecified atom stereocenters. The Morgan fingerprint density at radius 2 is 1.64 bits per heavy atom. The van der Waals surface area contributed by atoms with Crippen LogP contribution in [0.1, 0.15) is 16.8 Å². The van der Waals surface area contributed by atoms with Gasteiger partial charge in [-0.05, 0) is 30.3 Å². The SMILES string of the molecule is O=C(N[C@H]1CC(=O)N(c2ccc3c(c2)OCCO3)C1)c1ccc2c(c1)OCO2. The number of fused-ring (bicyclic) bond motifs is 2. The van der Waals surface area contributed by atoms with E-state index in [9.17, 15) is 9.59 Å². The summed E-state index contributed by atoms with van der Waals surface area (Å²) in [7, 11) is 0. The molecule has 0 aromatic heterocycles. The highest BCUT2D eigenvalue weighted by Gasteiger charge is 2.32. The molecule has 0 saturated carbocycles. The van der Waals surface area contributed by atoms with E-state index in [0.717, 1.165) is 5.69 Å². The third-order valence-corrected chi connectivity index (χ3v) is 4.93. The van der Waals surface area contributed by atoms with Crippen LogP contribution in [0.3, 0.4) is 0 Å². The molecule has 2 aromatic rings. The average molecular weight is 382 g/mol. The molecule has 8 nitrogen and oxygen atoms in total. The van der Waals surface area contributed by atoms with E-state index in [1.165, 1.54) is 0 Å². The zero-order valence-corrected chi connectivity index (χ0v) is 15.0. The minimum absolute atomic E-state index is 0.0485. The van der Waals surface area contributed by atoms with Crippen LogP contribution in [0.15, 0.2) is 36.4 Å². The van der Waals surface area contributed by atoms with Crippen molar-refractivity contribution in [3.63, 3.8) is 0 Å². The molecule has 1 fully saturated rings. The van der Waals surface area contributed by atoms with E-state index in [0.29, 0.717) is 48.3 Å².